The molecule has 0 aliphatic rings. The SMILES string of the molecule is CC.CN(Cc1ccc(F)cc1)n1c(CNc2ncnc3nc[nH]c23)nc2cccc(F)c2c1=O. The number of hydrogen-bond acceptors (Lipinski definition) is 7. The van der Waals surface area contributed by atoms with Crippen LogP contribution in [0.25, 0.3) is 22.1 Å². The van der Waals surface area contributed by atoms with Crippen molar-refractivity contribution in [2.75, 3.05) is 17.4 Å². The highest BCUT2D eigenvalue weighted by molar-refractivity contribution is 5.82. The monoisotopic (exact) mass is 478 g/mol. The molecular formula is C24H24F2N8O. The summed E-state index contributed by atoms with van der Waals surface area (Å²) in [7, 11) is 1.68. The van der Waals surface area contributed by atoms with Crippen LogP contribution in [0.3, 0.4) is 0 Å². The van der Waals surface area contributed by atoms with Gasteiger partial charge in [0.15, 0.2) is 17.3 Å². The number of hydrogen-bond donors (Lipinski definition) is 2. The number of H-pyrrole nitrogens is 1. The maximum absolute atomic E-state index is 14.5. The number of benzene rings is 2. The average Bonchev–Trinajstić information content (AvgIpc) is 3.35. The quantitative estimate of drug-likeness (QED) is 0.383. The Morgan fingerprint density at radius 3 is 2.60 bits per heavy atom. The molecule has 0 aliphatic carbocycles. The number of rotatable bonds is 6. The first-order chi connectivity index (χ1) is 17.0. The fourth-order valence-electron chi connectivity index (χ4n) is 3.68. The molecule has 11 heteroatoms. The Morgan fingerprint density at radius 2 is 1.83 bits per heavy atom. The van der Waals surface area contributed by atoms with Crippen molar-refractivity contribution < 1.29 is 8.78 Å². The van der Waals surface area contributed by atoms with Gasteiger partial charge in [-0.15, -0.1) is 0 Å². The van der Waals surface area contributed by atoms with E-state index in [-0.39, 0.29) is 29.8 Å². The van der Waals surface area contributed by atoms with Crippen LogP contribution < -0.4 is 15.9 Å². The van der Waals surface area contributed by atoms with E-state index in [4.69, 9.17) is 0 Å². The summed E-state index contributed by atoms with van der Waals surface area (Å²) >= 11 is 0. The molecular weight excluding hydrogens is 454 g/mol. The molecule has 0 fully saturated rings. The lowest BCUT2D eigenvalue weighted by atomic mass is 10.2. The van der Waals surface area contributed by atoms with Crippen molar-refractivity contribution in [2.24, 2.45) is 0 Å². The molecule has 35 heavy (non-hydrogen) atoms. The number of nitrogens with one attached hydrogen (secondary N) is 2. The third-order valence-corrected chi connectivity index (χ3v) is 5.19. The average molecular weight is 479 g/mol. The Balaban J connectivity index is 0.00000141. The number of aromatic nitrogens is 6. The van der Waals surface area contributed by atoms with Crippen LogP contribution in [0.4, 0.5) is 14.6 Å². The summed E-state index contributed by atoms with van der Waals surface area (Å²) in [5, 5.41) is 4.65. The van der Waals surface area contributed by atoms with Crippen molar-refractivity contribution >= 4 is 27.9 Å². The molecule has 0 amide bonds. The largest absolute Gasteiger partial charge is 0.361 e. The van der Waals surface area contributed by atoms with Crippen LogP contribution in [0.5, 0.6) is 0 Å². The Hall–Kier alpha value is -4.41. The lowest BCUT2D eigenvalue weighted by Crippen LogP contribution is -2.42. The van der Waals surface area contributed by atoms with Gasteiger partial charge in [0.2, 0.25) is 0 Å². The highest BCUT2D eigenvalue weighted by atomic mass is 19.1. The summed E-state index contributed by atoms with van der Waals surface area (Å²) in [6.45, 7) is 4.38. The summed E-state index contributed by atoms with van der Waals surface area (Å²) in [6, 6.07) is 10.3. The molecule has 0 unspecified atom stereocenters. The van der Waals surface area contributed by atoms with E-state index in [0.717, 1.165) is 5.56 Å². The molecule has 0 spiro atoms. The molecule has 9 nitrogen and oxygen atoms in total. The smallest absolute Gasteiger partial charge is 0.283 e. The van der Waals surface area contributed by atoms with Crippen molar-refractivity contribution in [3.05, 3.63) is 88.5 Å². The molecule has 0 radical (unpaired) electrons. The standard InChI is InChI=1S/C22H18F2N8O.C2H6/c1-31(10-13-5-7-14(23)8-6-13)32-17(30-16-4-2-3-15(24)18(16)22(32)33)9-25-20-19-21(27-11-26-19)29-12-28-20;1-2/h2-8,11-12H,9-10H2,1H3,(H2,25,26,27,28,29);1-2H3. The molecule has 2 aromatic carbocycles. The van der Waals surface area contributed by atoms with E-state index in [0.29, 0.717) is 22.8 Å². The molecule has 0 atom stereocenters. The van der Waals surface area contributed by atoms with Gasteiger partial charge in [-0.05, 0) is 29.8 Å². The molecule has 3 aromatic heterocycles. The molecule has 2 N–H and O–H groups in total. The van der Waals surface area contributed by atoms with Crippen LogP contribution in [0.15, 0.2) is 59.9 Å². The topological polar surface area (TPSA) is 105 Å². The first kappa shape index (κ1) is 23.7. The zero-order valence-corrected chi connectivity index (χ0v) is 19.5. The fourth-order valence-corrected chi connectivity index (χ4v) is 3.68. The molecule has 0 aliphatic heterocycles. The third-order valence-electron chi connectivity index (χ3n) is 5.19. The minimum atomic E-state index is -0.650. The Morgan fingerprint density at radius 1 is 1.06 bits per heavy atom. The molecule has 0 saturated heterocycles. The van der Waals surface area contributed by atoms with Crippen LogP contribution in [-0.2, 0) is 13.1 Å². The molecule has 180 valence electrons. The summed E-state index contributed by atoms with van der Waals surface area (Å²) in [5.41, 5.74) is 1.57. The fraction of sp³-hybridized carbons (Fsp3) is 0.208. The number of fused-ring (bicyclic) bond motifs is 2. The highest BCUT2D eigenvalue weighted by Gasteiger charge is 2.18. The second-order valence-electron chi connectivity index (χ2n) is 7.40. The van der Waals surface area contributed by atoms with Gasteiger partial charge in [-0.25, -0.2) is 33.4 Å². The normalized spacial score (nSPS) is 10.8. The van der Waals surface area contributed by atoms with Crippen LogP contribution >= 0.6 is 0 Å². The second kappa shape index (κ2) is 10.2. The van der Waals surface area contributed by atoms with Gasteiger partial charge >= 0.3 is 0 Å². The highest BCUT2D eigenvalue weighted by Crippen LogP contribution is 2.17. The Bertz CT molecular complexity index is 1510. The van der Waals surface area contributed by atoms with Crippen LogP contribution in [0.1, 0.15) is 25.2 Å². The Labute approximate surface area is 199 Å². The van der Waals surface area contributed by atoms with Gasteiger partial charge in [0.1, 0.15) is 28.9 Å². The van der Waals surface area contributed by atoms with Gasteiger partial charge in [0, 0.05) is 7.05 Å². The number of aromatic amines is 1. The van der Waals surface area contributed by atoms with Gasteiger partial charge < -0.3 is 15.3 Å². The predicted molar refractivity (Wildman–Crippen MR) is 131 cm³/mol. The Kier molecular flexibility index (Phi) is 6.95. The van der Waals surface area contributed by atoms with Gasteiger partial charge in [0.25, 0.3) is 5.56 Å². The summed E-state index contributed by atoms with van der Waals surface area (Å²) in [6.07, 6.45) is 2.89. The first-order valence-electron chi connectivity index (χ1n) is 11.1. The third kappa shape index (κ3) is 4.79. The summed E-state index contributed by atoms with van der Waals surface area (Å²) in [4.78, 5) is 33.3. The lowest BCUT2D eigenvalue weighted by molar-refractivity contribution is 0.580. The second-order valence-corrected chi connectivity index (χ2v) is 7.40. The van der Waals surface area contributed by atoms with E-state index in [2.05, 4.69) is 30.2 Å². The van der Waals surface area contributed by atoms with Crippen LogP contribution in [0, 0.1) is 11.6 Å². The predicted octanol–water partition coefficient (Wildman–Crippen LogP) is 3.75. The minimum Gasteiger partial charge on any atom is -0.361 e. The van der Waals surface area contributed by atoms with E-state index in [9.17, 15) is 13.6 Å². The zero-order valence-electron chi connectivity index (χ0n) is 19.5. The summed E-state index contributed by atoms with van der Waals surface area (Å²) < 4.78 is 29.1. The number of imidazole rings is 1. The molecule has 5 rings (SSSR count). The molecule has 0 saturated carbocycles. The van der Waals surface area contributed by atoms with E-state index in [1.807, 2.05) is 13.8 Å². The molecule has 3 heterocycles. The van der Waals surface area contributed by atoms with Gasteiger partial charge in [-0.1, -0.05) is 32.0 Å². The zero-order chi connectivity index (χ0) is 24.9. The van der Waals surface area contributed by atoms with Gasteiger partial charge in [-0.2, -0.15) is 0 Å². The van der Waals surface area contributed by atoms with Crippen molar-refractivity contribution in [3.63, 3.8) is 0 Å². The van der Waals surface area contributed by atoms with Gasteiger partial charge in [-0.3, -0.25) is 4.79 Å². The van der Waals surface area contributed by atoms with Crippen molar-refractivity contribution in [2.45, 2.75) is 26.9 Å². The van der Waals surface area contributed by atoms with Crippen LogP contribution in [0.2, 0.25) is 0 Å². The first-order valence-corrected chi connectivity index (χ1v) is 11.1. The van der Waals surface area contributed by atoms with E-state index < -0.39 is 11.4 Å². The van der Waals surface area contributed by atoms with E-state index in [1.165, 1.54) is 41.6 Å². The van der Waals surface area contributed by atoms with E-state index in [1.54, 1.807) is 30.3 Å². The molecule has 0 bridgehead atoms. The summed E-state index contributed by atoms with van der Waals surface area (Å²) in [5.74, 6) is -0.177. The maximum Gasteiger partial charge on any atom is 0.283 e. The van der Waals surface area contributed by atoms with Gasteiger partial charge in [0.05, 0.1) is 24.9 Å². The number of nitrogens with zero attached hydrogens (tertiary/aromatic N) is 6. The molecule has 5 aromatic rings. The maximum atomic E-state index is 14.5. The van der Waals surface area contributed by atoms with Crippen molar-refractivity contribution in [1.29, 1.82) is 0 Å². The number of anilines is 1. The van der Waals surface area contributed by atoms with Crippen molar-refractivity contribution in [3.8, 4) is 0 Å². The van der Waals surface area contributed by atoms with Crippen LogP contribution in [-0.4, -0.2) is 36.6 Å². The number of halogens is 2. The minimum absolute atomic E-state index is 0.106. The lowest BCUT2D eigenvalue weighted by Gasteiger charge is -2.25. The van der Waals surface area contributed by atoms with Crippen molar-refractivity contribution in [1.82, 2.24) is 29.6 Å². The van der Waals surface area contributed by atoms with E-state index >= 15 is 0 Å².